The Morgan fingerprint density at radius 2 is 0.405 bits per heavy atom. The van der Waals surface area contributed by atoms with Crippen LogP contribution in [0.5, 0.6) is 0 Å². The van der Waals surface area contributed by atoms with E-state index < -0.39 is 0 Å². The highest BCUT2D eigenvalue weighted by Gasteiger charge is 2.29. The molecule has 0 unspecified atom stereocenters. The second-order valence-corrected chi connectivity index (χ2v) is 22.6. The molecule has 0 N–H and O–H groups in total. The first kappa shape index (κ1) is 51.9. The molecule has 0 saturated carbocycles. The Hall–Kier alpha value is -11.5. The molecule has 0 aliphatic carbocycles. The fourth-order valence-electron chi connectivity index (χ4n) is 13.6. The summed E-state index contributed by atoms with van der Waals surface area (Å²) in [5, 5.41) is 74.1. The first-order chi connectivity index (χ1) is 40.6. The molecule has 0 radical (unpaired) electrons. The van der Waals surface area contributed by atoms with Crippen LogP contribution in [0, 0.1) is 130 Å². The van der Waals surface area contributed by atoms with E-state index >= 15 is 0 Å². The van der Waals surface area contributed by atoms with Crippen molar-refractivity contribution in [2.24, 2.45) is 0 Å². The monoisotopic (exact) mass is 1080 g/mol. The Bertz CT molecular complexity index is 4600. The second kappa shape index (κ2) is 19.4. The van der Waals surface area contributed by atoms with Crippen LogP contribution in [0.3, 0.4) is 0 Å². The first-order valence-electron chi connectivity index (χ1n) is 27.7. The van der Waals surface area contributed by atoms with Crippen LogP contribution < -0.4 is 0 Å². The van der Waals surface area contributed by atoms with Crippen molar-refractivity contribution in [2.45, 2.75) is 62.3 Å². The predicted octanol–water partition coefficient (Wildman–Crippen LogP) is 18.0. The summed E-state index contributed by atoms with van der Waals surface area (Å²) in [5.41, 5.74) is 21.0. The Morgan fingerprint density at radius 1 is 0.238 bits per heavy atom. The van der Waals surface area contributed by atoms with Crippen LogP contribution >= 0.6 is 0 Å². The number of hydrogen-bond donors (Lipinski definition) is 0. The Labute approximate surface area is 486 Å². The van der Waals surface area contributed by atoms with E-state index in [0.29, 0.717) is 50.4 Å². The maximum atomic E-state index is 11.3. The van der Waals surface area contributed by atoms with Crippen molar-refractivity contribution in [1.82, 2.24) is 13.7 Å². The van der Waals surface area contributed by atoms with Gasteiger partial charge in [-0.15, -0.1) is 0 Å². The van der Waals surface area contributed by atoms with E-state index in [0.717, 1.165) is 115 Å². The molecule has 0 amide bonds. The molecule has 0 aliphatic rings. The van der Waals surface area contributed by atoms with Crippen molar-refractivity contribution in [3.8, 4) is 86.9 Å². The number of nitriles is 6. The lowest BCUT2D eigenvalue weighted by Gasteiger charge is -2.25. The molecule has 0 bridgehead atoms. The molecule has 0 spiro atoms. The maximum absolute atomic E-state index is 11.3. The van der Waals surface area contributed by atoms with Crippen molar-refractivity contribution in [3.63, 3.8) is 0 Å². The SMILES string of the molecule is Cc1ccc2c(c1)c1cc(C)ccc1n2-c1c(C#N)cc(-c2c(C)c(-c3cc(C#N)c(-n4c5ccc(C)cc5c5cc(C)ccc54)c(C#N)c3)c(C)c(-c3cc(C#N)c(-n4c5ccc(C)cc5c5cc(C)ccc54)c(C#N)c3)c2C)cc1C#N. The smallest absolute Gasteiger partial charge is 0.101 e. The fraction of sp³-hybridized carbons (Fsp3) is 0.120. The van der Waals surface area contributed by atoms with Gasteiger partial charge in [-0.1, -0.05) is 69.8 Å². The van der Waals surface area contributed by atoms with Crippen LogP contribution in [0.1, 0.15) is 83.5 Å². The molecule has 3 heterocycles. The summed E-state index contributed by atoms with van der Waals surface area (Å²) in [7, 11) is 0. The van der Waals surface area contributed by atoms with Gasteiger partial charge < -0.3 is 13.7 Å². The molecular weight excluding hydrogens is 1030 g/mol. The first-order valence-corrected chi connectivity index (χ1v) is 27.7. The molecule has 3 aromatic heterocycles. The third-order valence-corrected chi connectivity index (χ3v) is 17.1. The van der Waals surface area contributed by atoms with E-state index in [1.807, 2.05) is 144 Å². The molecule has 10 aromatic carbocycles. The van der Waals surface area contributed by atoms with Gasteiger partial charge in [-0.05, 0) is 222 Å². The standard InChI is InChI=1S/C75H51N9/c1-40-10-16-64-58(22-40)59-23-41(2)11-17-65(59)82(64)73-52(34-76)28-49(29-53(73)35-77)70-46(7)71(50-30-54(36-78)74(55(31-50)37-79)83-66-18-12-42(3)24-60(66)61-25-43(4)13-19-67(61)83)48(9)72(47(70)8)51-32-56(38-80)75(57(33-51)39-81)84-68-20-14-44(5)26-62(68)63-27-45(6)15-21-69(63)84/h10-33H,1-9H3. The Morgan fingerprint density at radius 3 is 0.560 bits per heavy atom. The van der Waals surface area contributed by atoms with Crippen LogP contribution in [-0.2, 0) is 0 Å². The van der Waals surface area contributed by atoms with E-state index in [1.54, 1.807) is 0 Å². The zero-order valence-electron chi connectivity index (χ0n) is 47.9. The van der Waals surface area contributed by atoms with Gasteiger partial charge in [0.1, 0.15) is 36.4 Å². The third kappa shape index (κ3) is 7.70. The van der Waals surface area contributed by atoms with Crippen LogP contribution in [0.2, 0.25) is 0 Å². The zero-order valence-corrected chi connectivity index (χ0v) is 47.9. The minimum atomic E-state index is 0.283. The van der Waals surface area contributed by atoms with E-state index in [-0.39, 0.29) is 33.4 Å². The third-order valence-electron chi connectivity index (χ3n) is 17.1. The second-order valence-electron chi connectivity index (χ2n) is 22.6. The van der Waals surface area contributed by atoms with Gasteiger partial charge in [0.15, 0.2) is 0 Å². The molecule has 0 atom stereocenters. The molecule has 13 rings (SSSR count). The number of rotatable bonds is 6. The average molecular weight is 1080 g/mol. The van der Waals surface area contributed by atoms with Gasteiger partial charge in [-0.2, -0.15) is 31.6 Å². The number of hydrogen-bond acceptors (Lipinski definition) is 6. The van der Waals surface area contributed by atoms with Crippen LogP contribution in [0.4, 0.5) is 0 Å². The fourth-order valence-corrected chi connectivity index (χ4v) is 13.6. The average Bonchev–Trinajstić information content (AvgIpc) is 2.22. The number of aryl methyl sites for hydroxylation is 6. The topological polar surface area (TPSA) is 158 Å². The summed E-state index contributed by atoms with van der Waals surface area (Å²) in [6, 6.07) is 63.5. The number of nitrogens with zero attached hydrogens (tertiary/aromatic N) is 9. The van der Waals surface area contributed by atoms with Crippen molar-refractivity contribution in [3.05, 3.63) is 229 Å². The van der Waals surface area contributed by atoms with E-state index in [1.165, 1.54) is 0 Å². The van der Waals surface area contributed by atoms with E-state index in [2.05, 4.69) is 114 Å². The van der Waals surface area contributed by atoms with Gasteiger partial charge in [-0.3, -0.25) is 0 Å². The molecule has 9 heteroatoms. The number of benzene rings is 10. The van der Waals surface area contributed by atoms with Gasteiger partial charge in [0.05, 0.1) is 83.5 Å². The van der Waals surface area contributed by atoms with Crippen molar-refractivity contribution >= 4 is 65.4 Å². The molecular formula is C75H51N9. The largest absolute Gasteiger partial charge is 0.307 e. The maximum Gasteiger partial charge on any atom is 0.101 e. The Balaban J connectivity index is 1.11. The lowest BCUT2D eigenvalue weighted by atomic mass is 9.79. The summed E-state index contributed by atoms with van der Waals surface area (Å²) in [6.07, 6.45) is 0. The summed E-state index contributed by atoms with van der Waals surface area (Å²) in [4.78, 5) is 0. The predicted molar refractivity (Wildman–Crippen MR) is 337 cm³/mol. The molecule has 84 heavy (non-hydrogen) atoms. The minimum absolute atomic E-state index is 0.283. The normalized spacial score (nSPS) is 11.3. The highest BCUT2D eigenvalue weighted by atomic mass is 15.0. The minimum Gasteiger partial charge on any atom is -0.307 e. The van der Waals surface area contributed by atoms with Gasteiger partial charge >= 0.3 is 0 Å². The molecule has 9 nitrogen and oxygen atoms in total. The van der Waals surface area contributed by atoms with Gasteiger partial charge in [0, 0.05) is 32.3 Å². The van der Waals surface area contributed by atoms with Gasteiger partial charge in [0.25, 0.3) is 0 Å². The quantitative estimate of drug-likeness (QED) is 0.161. The highest BCUT2D eigenvalue weighted by Crippen LogP contribution is 2.48. The lowest BCUT2D eigenvalue weighted by molar-refractivity contribution is 1.15. The van der Waals surface area contributed by atoms with Crippen molar-refractivity contribution < 1.29 is 0 Å². The molecule has 0 aliphatic heterocycles. The molecule has 396 valence electrons. The van der Waals surface area contributed by atoms with Crippen molar-refractivity contribution in [2.75, 3.05) is 0 Å². The molecule has 13 aromatic rings. The number of aromatic nitrogens is 3. The van der Waals surface area contributed by atoms with Gasteiger partial charge in [-0.25, -0.2) is 0 Å². The van der Waals surface area contributed by atoms with Crippen LogP contribution in [-0.4, -0.2) is 13.7 Å². The van der Waals surface area contributed by atoms with Crippen LogP contribution in [0.15, 0.2) is 146 Å². The Kier molecular flexibility index (Phi) is 12.0. The zero-order chi connectivity index (χ0) is 58.7. The number of fused-ring (bicyclic) bond motifs is 9. The molecule has 0 fully saturated rings. The van der Waals surface area contributed by atoms with E-state index in [9.17, 15) is 31.6 Å². The lowest BCUT2D eigenvalue weighted by Crippen LogP contribution is -2.06. The van der Waals surface area contributed by atoms with Crippen molar-refractivity contribution in [1.29, 1.82) is 31.6 Å². The highest BCUT2D eigenvalue weighted by molar-refractivity contribution is 6.13. The van der Waals surface area contributed by atoms with E-state index in [4.69, 9.17) is 0 Å². The summed E-state index contributed by atoms with van der Waals surface area (Å²) < 4.78 is 6.08. The molecule has 0 saturated heterocycles. The summed E-state index contributed by atoms with van der Waals surface area (Å²) in [6.45, 7) is 18.3. The summed E-state index contributed by atoms with van der Waals surface area (Å²) >= 11 is 0. The van der Waals surface area contributed by atoms with Gasteiger partial charge in [0.2, 0.25) is 0 Å². The summed E-state index contributed by atoms with van der Waals surface area (Å²) in [5.74, 6) is 0. The van der Waals surface area contributed by atoms with Crippen LogP contribution in [0.25, 0.3) is 116 Å².